The fourth-order valence-electron chi connectivity index (χ4n) is 2.79. The molecule has 0 saturated carbocycles. The maximum absolute atomic E-state index is 11.2. The van der Waals surface area contributed by atoms with E-state index < -0.39 is 5.97 Å². The van der Waals surface area contributed by atoms with Crippen molar-refractivity contribution in [2.24, 2.45) is 5.92 Å². The van der Waals surface area contributed by atoms with E-state index in [2.05, 4.69) is 29.9 Å². The van der Waals surface area contributed by atoms with Gasteiger partial charge in [0.2, 0.25) is 0 Å². The molecule has 0 aliphatic rings. The summed E-state index contributed by atoms with van der Waals surface area (Å²) in [4.78, 5) is 19.1. The Labute approximate surface area is 143 Å². The Morgan fingerprint density at radius 2 is 2.21 bits per heavy atom. The van der Waals surface area contributed by atoms with E-state index in [0.29, 0.717) is 22.2 Å². The van der Waals surface area contributed by atoms with Crippen molar-refractivity contribution < 1.29 is 9.90 Å². The van der Waals surface area contributed by atoms with Crippen LogP contribution in [0, 0.1) is 24.2 Å². The summed E-state index contributed by atoms with van der Waals surface area (Å²) in [7, 11) is 0. The first kappa shape index (κ1) is 16.2. The predicted molar refractivity (Wildman–Crippen MR) is 94.4 cm³/mol. The molecule has 2 heterocycles. The van der Waals surface area contributed by atoms with Crippen LogP contribution >= 0.6 is 11.3 Å². The third-order valence-electron chi connectivity index (χ3n) is 3.84. The average molecular weight is 339 g/mol. The third-order valence-corrected chi connectivity index (χ3v) is 5.03. The Balaban J connectivity index is 2.13. The highest BCUT2D eigenvalue weighted by molar-refractivity contribution is 7.17. The van der Waals surface area contributed by atoms with Crippen LogP contribution in [0.25, 0.3) is 21.5 Å². The predicted octanol–water partition coefficient (Wildman–Crippen LogP) is 4.37. The van der Waals surface area contributed by atoms with Crippen LogP contribution in [0.1, 0.15) is 40.5 Å². The molecule has 0 spiro atoms. The lowest BCUT2D eigenvalue weighted by Crippen LogP contribution is -1.96. The summed E-state index contributed by atoms with van der Waals surface area (Å²) in [5, 5.41) is 20.2. The molecule has 1 aromatic carbocycles. The first-order valence-electron chi connectivity index (χ1n) is 7.66. The summed E-state index contributed by atoms with van der Waals surface area (Å²) >= 11 is 1.16. The van der Waals surface area contributed by atoms with Crippen LogP contribution in [0.2, 0.25) is 0 Å². The van der Waals surface area contributed by atoms with E-state index in [1.54, 1.807) is 6.92 Å². The zero-order valence-electron chi connectivity index (χ0n) is 13.7. The zero-order valence-corrected chi connectivity index (χ0v) is 14.5. The van der Waals surface area contributed by atoms with Gasteiger partial charge < -0.3 is 10.1 Å². The van der Waals surface area contributed by atoms with Crippen LogP contribution in [-0.4, -0.2) is 21.0 Å². The molecule has 0 saturated heterocycles. The number of aryl methyl sites for hydroxylation is 1. The van der Waals surface area contributed by atoms with E-state index in [9.17, 15) is 15.2 Å². The minimum absolute atomic E-state index is 0.250. The summed E-state index contributed by atoms with van der Waals surface area (Å²) in [6.45, 7) is 5.92. The van der Waals surface area contributed by atoms with Gasteiger partial charge in [0.15, 0.2) is 0 Å². The molecule has 0 aliphatic heterocycles. The van der Waals surface area contributed by atoms with Crippen molar-refractivity contribution in [1.29, 1.82) is 5.26 Å². The molecular weight excluding hydrogens is 322 g/mol. The van der Waals surface area contributed by atoms with Crippen molar-refractivity contribution >= 4 is 28.2 Å². The Morgan fingerprint density at radius 3 is 2.79 bits per heavy atom. The van der Waals surface area contributed by atoms with Gasteiger partial charge in [-0.15, -0.1) is 11.3 Å². The number of nitriles is 1. The summed E-state index contributed by atoms with van der Waals surface area (Å²) < 4.78 is 0. The van der Waals surface area contributed by atoms with Gasteiger partial charge in [0.1, 0.15) is 16.0 Å². The monoisotopic (exact) mass is 339 g/mol. The second kappa shape index (κ2) is 6.10. The van der Waals surface area contributed by atoms with Crippen molar-refractivity contribution in [3.63, 3.8) is 0 Å². The normalized spacial score (nSPS) is 11.1. The van der Waals surface area contributed by atoms with Gasteiger partial charge in [0.25, 0.3) is 0 Å². The molecule has 5 nitrogen and oxygen atoms in total. The van der Waals surface area contributed by atoms with Gasteiger partial charge in [-0.2, -0.15) is 5.26 Å². The Bertz CT molecular complexity index is 976. The molecule has 3 aromatic rings. The molecule has 0 aliphatic carbocycles. The molecule has 0 atom stereocenters. The number of aromatic carboxylic acids is 1. The number of nitrogens with zero attached hydrogens (tertiary/aromatic N) is 2. The smallest absolute Gasteiger partial charge is 0.347 e. The number of carboxylic acids is 1. The molecule has 0 bridgehead atoms. The SMILES string of the molecule is Cc1nc(-c2ccc3[nH]c(CC(C)C)c(C#N)c3c2)sc1C(=O)O. The average Bonchev–Trinajstić information content (AvgIpc) is 3.05. The topological polar surface area (TPSA) is 89.8 Å². The van der Waals surface area contributed by atoms with Gasteiger partial charge in [0, 0.05) is 22.2 Å². The third kappa shape index (κ3) is 2.79. The van der Waals surface area contributed by atoms with E-state index in [1.165, 1.54) is 0 Å². The van der Waals surface area contributed by atoms with E-state index in [0.717, 1.165) is 39.9 Å². The van der Waals surface area contributed by atoms with Crippen molar-refractivity contribution in [2.75, 3.05) is 0 Å². The van der Waals surface area contributed by atoms with Crippen molar-refractivity contribution in [3.8, 4) is 16.6 Å². The molecule has 0 fully saturated rings. The number of aromatic nitrogens is 2. The number of carbonyl (C=O) groups is 1. The van der Waals surface area contributed by atoms with Gasteiger partial charge in [-0.05, 0) is 37.5 Å². The van der Waals surface area contributed by atoms with Crippen LogP contribution in [-0.2, 0) is 6.42 Å². The van der Waals surface area contributed by atoms with Crippen molar-refractivity contribution in [2.45, 2.75) is 27.2 Å². The van der Waals surface area contributed by atoms with Crippen molar-refractivity contribution in [3.05, 3.63) is 40.0 Å². The minimum atomic E-state index is -0.962. The Morgan fingerprint density at radius 1 is 1.46 bits per heavy atom. The number of aromatic amines is 1. The maximum Gasteiger partial charge on any atom is 0.347 e. The van der Waals surface area contributed by atoms with Crippen molar-refractivity contribution in [1.82, 2.24) is 9.97 Å². The Kier molecular flexibility index (Phi) is 4.12. The van der Waals surface area contributed by atoms with E-state index in [4.69, 9.17) is 0 Å². The van der Waals surface area contributed by atoms with Crippen LogP contribution in [0.3, 0.4) is 0 Å². The lowest BCUT2D eigenvalue weighted by molar-refractivity contribution is 0.0701. The first-order valence-corrected chi connectivity index (χ1v) is 8.48. The second-order valence-electron chi connectivity index (χ2n) is 6.19. The van der Waals surface area contributed by atoms with Gasteiger partial charge in [-0.3, -0.25) is 0 Å². The Hall–Kier alpha value is -2.65. The van der Waals surface area contributed by atoms with E-state index in [1.807, 2.05) is 18.2 Å². The van der Waals surface area contributed by atoms with Gasteiger partial charge in [-0.25, -0.2) is 9.78 Å². The quantitative estimate of drug-likeness (QED) is 0.738. The van der Waals surface area contributed by atoms with Gasteiger partial charge in [-0.1, -0.05) is 13.8 Å². The highest BCUT2D eigenvalue weighted by Gasteiger charge is 2.17. The molecule has 0 amide bonds. The molecule has 6 heteroatoms. The maximum atomic E-state index is 11.2. The fraction of sp³-hybridized carbons (Fsp3) is 0.278. The van der Waals surface area contributed by atoms with E-state index >= 15 is 0 Å². The molecular formula is C18H17N3O2S. The number of rotatable bonds is 4. The van der Waals surface area contributed by atoms with Gasteiger partial charge >= 0.3 is 5.97 Å². The zero-order chi connectivity index (χ0) is 17.4. The number of hydrogen-bond acceptors (Lipinski definition) is 4. The molecule has 0 radical (unpaired) electrons. The highest BCUT2D eigenvalue weighted by atomic mass is 32.1. The molecule has 0 unspecified atom stereocenters. The summed E-state index contributed by atoms with van der Waals surface area (Å²) in [6.07, 6.45) is 0.812. The number of benzene rings is 1. The highest BCUT2D eigenvalue weighted by Crippen LogP contribution is 2.32. The standard InChI is InChI=1S/C18H17N3O2S/c1-9(2)6-15-13(8-19)12-7-11(4-5-14(12)21-15)17-20-10(3)16(24-17)18(22)23/h4-5,7,9,21H,6H2,1-3H3,(H,22,23). The van der Waals surface area contributed by atoms with Crippen LogP contribution in [0.15, 0.2) is 18.2 Å². The number of thiazole rings is 1. The molecule has 122 valence electrons. The number of H-pyrrole nitrogens is 1. The number of fused-ring (bicyclic) bond motifs is 1. The van der Waals surface area contributed by atoms with E-state index in [-0.39, 0.29) is 4.88 Å². The minimum Gasteiger partial charge on any atom is -0.477 e. The van der Waals surface area contributed by atoms with Crippen LogP contribution in [0.5, 0.6) is 0 Å². The fourth-order valence-corrected chi connectivity index (χ4v) is 3.69. The second-order valence-corrected chi connectivity index (χ2v) is 7.19. The molecule has 2 aromatic heterocycles. The van der Waals surface area contributed by atoms with Crippen LogP contribution in [0.4, 0.5) is 0 Å². The summed E-state index contributed by atoms with van der Waals surface area (Å²) in [5.74, 6) is -0.514. The van der Waals surface area contributed by atoms with Gasteiger partial charge in [0.05, 0.1) is 11.3 Å². The molecule has 2 N–H and O–H groups in total. The number of hydrogen-bond donors (Lipinski definition) is 2. The molecule has 3 rings (SSSR count). The largest absolute Gasteiger partial charge is 0.477 e. The lowest BCUT2D eigenvalue weighted by atomic mass is 10.0. The summed E-state index contributed by atoms with van der Waals surface area (Å²) in [6, 6.07) is 8.04. The van der Waals surface area contributed by atoms with Crippen LogP contribution < -0.4 is 0 Å². The summed E-state index contributed by atoms with van der Waals surface area (Å²) in [5.41, 5.74) is 3.86. The number of carboxylic acid groups (broad SMARTS) is 1. The lowest BCUT2D eigenvalue weighted by Gasteiger charge is -2.01. The molecule has 24 heavy (non-hydrogen) atoms. The first-order chi connectivity index (χ1) is 11.4. The number of nitrogens with one attached hydrogen (secondary N) is 1.